The predicted octanol–water partition coefficient (Wildman–Crippen LogP) is -1.20. The first-order valence-electron chi connectivity index (χ1n) is 13.0. The van der Waals surface area contributed by atoms with E-state index in [4.69, 9.17) is 30.0 Å². The SMILES string of the molecule is NC(=O)c1ccc[n+](C2OC(COP(=O)(O)OP(=O)(O)OCC3OC(n4ccc5c(N)cccc54)C(O)C3O)C(O)C2O)c1. The third kappa shape index (κ3) is 6.73. The maximum atomic E-state index is 12.5. The van der Waals surface area contributed by atoms with Crippen molar-refractivity contribution in [1.29, 1.82) is 0 Å². The number of carbonyl (C=O) groups is 1. The van der Waals surface area contributed by atoms with Crippen LogP contribution in [0.4, 0.5) is 5.69 Å². The number of carbonyl (C=O) groups excluding carboxylic acids is 1. The van der Waals surface area contributed by atoms with Gasteiger partial charge in [0.1, 0.15) is 36.1 Å². The Morgan fingerprint density at radius 2 is 1.55 bits per heavy atom. The molecule has 20 heteroatoms. The summed E-state index contributed by atoms with van der Waals surface area (Å²) in [5.41, 5.74) is 12.3. The number of nitrogens with two attached hydrogens (primary N) is 2. The van der Waals surface area contributed by atoms with Gasteiger partial charge in [0.2, 0.25) is 0 Å². The van der Waals surface area contributed by atoms with Crippen molar-refractivity contribution in [2.24, 2.45) is 5.73 Å². The summed E-state index contributed by atoms with van der Waals surface area (Å²) in [4.78, 5) is 31.5. The van der Waals surface area contributed by atoms with Gasteiger partial charge in [0.15, 0.2) is 24.7 Å². The van der Waals surface area contributed by atoms with Crippen LogP contribution in [0.1, 0.15) is 22.8 Å². The van der Waals surface area contributed by atoms with Gasteiger partial charge in [0.25, 0.3) is 12.1 Å². The molecule has 3 aromatic rings. The van der Waals surface area contributed by atoms with Crippen molar-refractivity contribution in [1.82, 2.24) is 4.57 Å². The first kappa shape index (κ1) is 32.6. The fourth-order valence-corrected chi connectivity index (χ4v) is 7.04. The normalized spacial score (nSPS) is 31.6. The molecular weight excluding hydrogens is 630 g/mol. The quantitative estimate of drug-likeness (QED) is 0.0681. The van der Waals surface area contributed by atoms with E-state index in [0.717, 1.165) is 0 Å². The zero-order chi connectivity index (χ0) is 32.0. The number of anilines is 1. The number of hydrogen-bond donors (Lipinski definition) is 8. The van der Waals surface area contributed by atoms with Crippen LogP contribution in [0.15, 0.2) is 55.0 Å². The molecule has 5 rings (SSSR count). The van der Waals surface area contributed by atoms with Crippen LogP contribution < -0.4 is 16.0 Å². The van der Waals surface area contributed by atoms with E-state index in [0.29, 0.717) is 16.6 Å². The molecular formula is C24H31N4O14P2+. The highest BCUT2D eigenvalue weighted by Gasteiger charge is 2.50. The number of nitrogens with zero attached hydrogens (tertiary/aromatic N) is 2. The number of rotatable bonds is 11. The lowest BCUT2D eigenvalue weighted by Gasteiger charge is -2.20. The largest absolute Gasteiger partial charge is 0.481 e. The molecule has 10 atom stereocenters. The monoisotopic (exact) mass is 661 g/mol. The minimum absolute atomic E-state index is 0.0772. The summed E-state index contributed by atoms with van der Waals surface area (Å²) in [5.74, 6) is -0.758. The number of phosphoric ester groups is 2. The Hall–Kier alpha value is -2.80. The van der Waals surface area contributed by atoms with Gasteiger partial charge in [-0.25, -0.2) is 9.13 Å². The van der Waals surface area contributed by atoms with Gasteiger partial charge in [-0.15, -0.1) is 0 Å². The molecule has 2 fully saturated rings. The highest BCUT2D eigenvalue weighted by molar-refractivity contribution is 7.61. The summed E-state index contributed by atoms with van der Waals surface area (Å²) in [7, 11) is -10.7. The van der Waals surface area contributed by atoms with Crippen molar-refractivity contribution < 1.29 is 71.5 Å². The van der Waals surface area contributed by atoms with Gasteiger partial charge in [-0.2, -0.15) is 8.88 Å². The molecule has 2 saturated heterocycles. The molecule has 2 aliphatic heterocycles. The number of benzene rings is 1. The fraction of sp³-hybridized carbons (Fsp3) is 0.417. The molecule has 10 N–H and O–H groups in total. The van der Waals surface area contributed by atoms with Gasteiger partial charge in [-0.1, -0.05) is 6.07 Å². The van der Waals surface area contributed by atoms with Crippen LogP contribution in [0.3, 0.4) is 0 Å². The molecule has 1 amide bonds. The first-order valence-corrected chi connectivity index (χ1v) is 16.0. The minimum atomic E-state index is -5.35. The molecule has 0 aliphatic carbocycles. The maximum absolute atomic E-state index is 12.5. The van der Waals surface area contributed by atoms with Crippen molar-refractivity contribution in [3.05, 3.63) is 60.6 Å². The number of nitrogen functional groups attached to an aromatic ring is 1. The molecule has 0 bridgehead atoms. The summed E-state index contributed by atoms with van der Waals surface area (Å²) in [6.45, 7) is -1.73. The van der Waals surface area contributed by atoms with Gasteiger partial charge >= 0.3 is 15.6 Å². The Bertz CT molecular complexity index is 1620. The molecule has 10 unspecified atom stereocenters. The van der Waals surface area contributed by atoms with E-state index in [9.17, 15) is 44.1 Å². The van der Waals surface area contributed by atoms with Crippen LogP contribution in [0.2, 0.25) is 0 Å². The van der Waals surface area contributed by atoms with Gasteiger partial charge < -0.3 is 55.7 Å². The van der Waals surface area contributed by atoms with E-state index in [1.54, 1.807) is 30.5 Å². The first-order chi connectivity index (χ1) is 20.7. The van der Waals surface area contributed by atoms with Gasteiger partial charge in [0, 0.05) is 23.3 Å². The number of fused-ring (bicyclic) bond motifs is 1. The minimum Gasteiger partial charge on any atom is -0.398 e. The number of pyridine rings is 1. The molecule has 44 heavy (non-hydrogen) atoms. The Balaban J connectivity index is 1.16. The second-order valence-electron chi connectivity index (χ2n) is 10.1. The van der Waals surface area contributed by atoms with Crippen LogP contribution in [0.5, 0.6) is 0 Å². The Labute approximate surface area is 248 Å². The number of amides is 1. The van der Waals surface area contributed by atoms with Crippen molar-refractivity contribution in [2.45, 2.75) is 49.1 Å². The van der Waals surface area contributed by atoms with Crippen molar-refractivity contribution >= 4 is 38.1 Å². The zero-order valence-corrected chi connectivity index (χ0v) is 24.4. The van der Waals surface area contributed by atoms with Gasteiger partial charge in [-0.05, 0) is 24.3 Å². The smallest absolute Gasteiger partial charge is 0.398 e. The molecule has 1 aromatic carbocycles. The third-order valence-electron chi connectivity index (χ3n) is 7.16. The number of aliphatic hydroxyl groups excluding tert-OH is 4. The number of phosphoric acid groups is 2. The third-order valence-corrected chi connectivity index (χ3v) is 9.76. The topological polar surface area (TPSA) is 280 Å². The van der Waals surface area contributed by atoms with Crippen molar-refractivity contribution in [3.63, 3.8) is 0 Å². The second-order valence-corrected chi connectivity index (χ2v) is 13.2. The lowest BCUT2D eigenvalue weighted by molar-refractivity contribution is -0.765. The van der Waals surface area contributed by atoms with Crippen molar-refractivity contribution in [3.8, 4) is 0 Å². The summed E-state index contributed by atoms with van der Waals surface area (Å²) in [5, 5.41) is 42.4. The summed E-state index contributed by atoms with van der Waals surface area (Å²) in [6.07, 6.45) is -7.18. The summed E-state index contributed by atoms with van der Waals surface area (Å²) in [6, 6.07) is 9.61. The highest BCUT2D eigenvalue weighted by atomic mass is 31.3. The predicted molar refractivity (Wildman–Crippen MR) is 146 cm³/mol. The van der Waals surface area contributed by atoms with Crippen LogP contribution in [-0.4, -0.2) is 90.5 Å². The van der Waals surface area contributed by atoms with Crippen LogP contribution in [-0.2, 0) is 32.0 Å². The van der Waals surface area contributed by atoms with Crippen LogP contribution in [0, 0.1) is 0 Å². The number of aromatic nitrogens is 2. The van der Waals surface area contributed by atoms with E-state index >= 15 is 0 Å². The number of aliphatic hydroxyl groups is 4. The molecule has 240 valence electrons. The second kappa shape index (κ2) is 12.5. The Morgan fingerprint density at radius 1 is 0.909 bits per heavy atom. The molecule has 18 nitrogen and oxygen atoms in total. The van der Waals surface area contributed by atoms with Crippen LogP contribution >= 0.6 is 15.6 Å². The standard InChI is InChI=1S/C24H30N4O14P2/c25-14-4-1-5-15-13(14)6-8-28(15)24-21(32)19(30)17(41-24)11-39-44(36,37)42-43(34,35)38-10-16-18(29)20(31)23(40-16)27-7-2-3-12(9-27)22(26)33/h1-9,16-21,23-24,29-32H,10-11,25H2,(H3-,26,33,34,35,36,37)/p+1. The average molecular weight is 661 g/mol. The lowest BCUT2D eigenvalue weighted by atomic mass is 10.1. The molecule has 2 aliphatic rings. The molecule has 2 aromatic heterocycles. The van der Waals surface area contributed by atoms with Crippen LogP contribution in [0.25, 0.3) is 10.9 Å². The molecule has 0 radical (unpaired) electrons. The molecule has 0 spiro atoms. The number of primary amides is 1. The van der Waals surface area contributed by atoms with E-state index in [2.05, 4.69) is 4.31 Å². The van der Waals surface area contributed by atoms with Gasteiger partial charge in [0.05, 0.1) is 18.7 Å². The van der Waals surface area contributed by atoms with E-state index in [1.165, 1.54) is 33.7 Å². The van der Waals surface area contributed by atoms with E-state index < -0.39 is 83.8 Å². The molecule has 0 saturated carbocycles. The zero-order valence-electron chi connectivity index (χ0n) is 22.6. The fourth-order valence-electron chi connectivity index (χ4n) is 4.95. The lowest BCUT2D eigenvalue weighted by Crippen LogP contribution is -2.46. The van der Waals surface area contributed by atoms with E-state index in [1.807, 2.05) is 0 Å². The summed E-state index contributed by atoms with van der Waals surface area (Å²) >= 11 is 0. The maximum Gasteiger partial charge on any atom is 0.481 e. The Morgan fingerprint density at radius 3 is 2.20 bits per heavy atom. The highest BCUT2D eigenvalue weighted by Crippen LogP contribution is 2.60. The summed E-state index contributed by atoms with van der Waals surface area (Å²) < 4.78 is 52.5. The van der Waals surface area contributed by atoms with E-state index in [-0.39, 0.29) is 5.56 Å². The molecule has 4 heterocycles. The number of hydrogen-bond acceptors (Lipinski definition) is 13. The Kier molecular flexibility index (Phi) is 9.28. The number of ether oxygens (including phenoxy) is 2. The van der Waals surface area contributed by atoms with Gasteiger partial charge in [-0.3, -0.25) is 13.8 Å². The van der Waals surface area contributed by atoms with Crippen molar-refractivity contribution in [2.75, 3.05) is 18.9 Å². The average Bonchev–Trinajstić information content (AvgIpc) is 3.61.